The highest BCUT2D eigenvalue weighted by molar-refractivity contribution is 6.04. The molecule has 0 saturated carbocycles. The summed E-state index contributed by atoms with van der Waals surface area (Å²) in [6.07, 6.45) is 4.44. The molecule has 0 radical (unpaired) electrons. The highest BCUT2D eigenvalue weighted by atomic mass is 19.1. The van der Waals surface area contributed by atoms with Gasteiger partial charge in [-0.25, -0.2) is 14.4 Å². The lowest BCUT2D eigenvalue weighted by Crippen LogP contribution is -2.43. The van der Waals surface area contributed by atoms with Gasteiger partial charge in [0.15, 0.2) is 11.4 Å². The normalized spacial score (nSPS) is 15.9. The van der Waals surface area contributed by atoms with Crippen LogP contribution in [0.4, 0.5) is 4.39 Å². The molecular formula is C20H24FN5O2. The third kappa shape index (κ3) is 4.69. The second-order valence-corrected chi connectivity index (χ2v) is 7.05. The third-order valence-electron chi connectivity index (χ3n) is 5.05. The van der Waals surface area contributed by atoms with Gasteiger partial charge in [-0.2, -0.15) is 0 Å². The van der Waals surface area contributed by atoms with E-state index in [9.17, 15) is 14.0 Å². The Morgan fingerprint density at radius 1 is 1.18 bits per heavy atom. The highest BCUT2D eigenvalue weighted by Gasteiger charge is 2.29. The molecule has 1 atom stereocenters. The molecule has 3 rings (SSSR count). The summed E-state index contributed by atoms with van der Waals surface area (Å²) < 4.78 is 13.0. The van der Waals surface area contributed by atoms with Crippen molar-refractivity contribution in [1.82, 2.24) is 20.2 Å². The third-order valence-corrected chi connectivity index (χ3v) is 5.05. The molecule has 1 saturated heterocycles. The van der Waals surface area contributed by atoms with Gasteiger partial charge in [-0.05, 0) is 43.4 Å². The number of carbonyl (C=O) groups excluding carboxylic acids is 2. The van der Waals surface area contributed by atoms with Crippen LogP contribution in [0.2, 0.25) is 0 Å². The molecule has 3 N–H and O–H groups in total. The molecule has 2 aromatic rings. The van der Waals surface area contributed by atoms with Gasteiger partial charge in [0, 0.05) is 38.1 Å². The first-order valence-electron chi connectivity index (χ1n) is 9.34. The highest BCUT2D eigenvalue weighted by Crippen LogP contribution is 2.21. The number of likely N-dealkylation sites (tertiary alicyclic amines) is 1. The van der Waals surface area contributed by atoms with E-state index in [0.717, 1.165) is 18.4 Å². The number of piperidine rings is 1. The Hall–Kier alpha value is -2.87. The van der Waals surface area contributed by atoms with Crippen molar-refractivity contribution >= 4 is 11.8 Å². The van der Waals surface area contributed by atoms with E-state index in [2.05, 4.69) is 15.3 Å². The molecule has 148 valence electrons. The van der Waals surface area contributed by atoms with Gasteiger partial charge in [-0.15, -0.1) is 0 Å². The van der Waals surface area contributed by atoms with Crippen molar-refractivity contribution in [3.05, 3.63) is 59.4 Å². The maximum absolute atomic E-state index is 13.0. The zero-order chi connectivity index (χ0) is 20.1. The fraction of sp³-hybridized carbons (Fsp3) is 0.400. The summed E-state index contributed by atoms with van der Waals surface area (Å²) in [7, 11) is 0. The Kier molecular flexibility index (Phi) is 6.30. The van der Waals surface area contributed by atoms with Crippen LogP contribution in [0.3, 0.4) is 0 Å². The maximum Gasteiger partial charge on any atom is 0.274 e. The molecule has 0 aliphatic carbocycles. The SMILES string of the molecule is CC(N)C1CCN(C(=O)c2nccnc2C(=O)NCc2ccc(F)cc2)CC1. The molecular weight excluding hydrogens is 361 g/mol. The van der Waals surface area contributed by atoms with Gasteiger partial charge in [0.1, 0.15) is 5.82 Å². The molecule has 2 heterocycles. The Labute approximate surface area is 163 Å². The van der Waals surface area contributed by atoms with E-state index >= 15 is 0 Å². The number of hydrogen-bond donors (Lipinski definition) is 2. The van der Waals surface area contributed by atoms with E-state index in [1.165, 1.54) is 24.5 Å². The number of halogens is 1. The zero-order valence-electron chi connectivity index (χ0n) is 15.8. The average molecular weight is 385 g/mol. The van der Waals surface area contributed by atoms with Crippen molar-refractivity contribution in [3.8, 4) is 0 Å². The van der Waals surface area contributed by atoms with E-state index in [4.69, 9.17) is 5.73 Å². The van der Waals surface area contributed by atoms with Crippen LogP contribution in [-0.4, -0.2) is 45.8 Å². The molecule has 1 fully saturated rings. The summed E-state index contributed by atoms with van der Waals surface area (Å²) >= 11 is 0. The van der Waals surface area contributed by atoms with E-state index in [1.54, 1.807) is 17.0 Å². The lowest BCUT2D eigenvalue weighted by atomic mass is 9.91. The van der Waals surface area contributed by atoms with E-state index in [-0.39, 0.29) is 35.7 Å². The summed E-state index contributed by atoms with van der Waals surface area (Å²) in [6.45, 7) is 3.34. The lowest BCUT2D eigenvalue weighted by Gasteiger charge is -2.33. The second-order valence-electron chi connectivity index (χ2n) is 7.05. The van der Waals surface area contributed by atoms with Gasteiger partial charge in [-0.3, -0.25) is 9.59 Å². The minimum atomic E-state index is -0.494. The second kappa shape index (κ2) is 8.88. The number of nitrogens with one attached hydrogen (secondary N) is 1. The number of benzene rings is 1. The van der Waals surface area contributed by atoms with Gasteiger partial charge in [0.05, 0.1) is 0 Å². The molecule has 8 heteroatoms. The van der Waals surface area contributed by atoms with E-state index in [1.807, 2.05) is 6.92 Å². The Balaban J connectivity index is 1.67. The Morgan fingerprint density at radius 3 is 2.39 bits per heavy atom. The molecule has 1 unspecified atom stereocenters. The predicted octanol–water partition coefficient (Wildman–Crippen LogP) is 1.75. The number of carbonyl (C=O) groups is 2. The number of rotatable bonds is 5. The van der Waals surface area contributed by atoms with Crippen LogP contribution in [-0.2, 0) is 6.54 Å². The number of aromatic nitrogens is 2. The first kappa shape index (κ1) is 19.9. The molecule has 7 nitrogen and oxygen atoms in total. The molecule has 1 aromatic heterocycles. The summed E-state index contributed by atoms with van der Waals surface area (Å²) in [4.78, 5) is 35.3. The van der Waals surface area contributed by atoms with Crippen molar-refractivity contribution in [2.45, 2.75) is 32.4 Å². The average Bonchev–Trinajstić information content (AvgIpc) is 2.72. The first-order valence-corrected chi connectivity index (χ1v) is 9.34. The molecule has 1 aliphatic rings. The minimum Gasteiger partial charge on any atom is -0.347 e. The van der Waals surface area contributed by atoms with Gasteiger partial charge < -0.3 is 16.0 Å². The standard InChI is InChI=1S/C20H24FN5O2/c1-13(22)15-6-10-26(11-7-15)20(28)18-17(23-8-9-24-18)19(27)25-12-14-2-4-16(21)5-3-14/h2-5,8-9,13,15H,6-7,10-12,22H2,1H3,(H,25,27). The van der Waals surface area contributed by atoms with Crippen molar-refractivity contribution in [3.63, 3.8) is 0 Å². The van der Waals surface area contributed by atoms with E-state index < -0.39 is 5.91 Å². The van der Waals surface area contributed by atoms with Crippen molar-refractivity contribution in [2.75, 3.05) is 13.1 Å². The Bertz CT molecular complexity index is 833. The van der Waals surface area contributed by atoms with Gasteiger partial charge in [0.2, 0.25) is 0 Å². The smallest absolute Gasteiger partial charge is 0.274 e. The summed E-state index contributed by atoms with van der Waals surface area (Å²) in [5.41, 5.74) is 6.72. The van der Waals surface area contributed by atoms with Crippen molar-refractivity contribution < 1.29 is 14.0 Å². The summed E-state index contributed by atoms with van der Waals surface area (Å²) in [5, 5.41) is 2.70. The lowest BCUT2D eigenvalue weighted by molar-refractivity contribution is 0.0669. The van der Waals surface area contributed by atoms with Crippen LogP contribution in [0.15, 0.2) is 36.7 Å². The van der Waals surface area contributed by atoms with Crippen LogP contribution in [0.25, 0.3) is 0 Å². The molecule has 0 bridgehead atoms. The molecule has 28 heavy (non-hydrogen) atoms. The van der Waals surface area contributed by atoms with Gasteiger partial charge in [0.25, 0.3) is 11.8 Å². The fourth-order valence-corrected chi connectivity index (χ4v) is 3.31. The zero-order valence-corrected chi connectivity index (χ0v) is 15.8. The van der Waals surface area contributed by atoms with E-state index in [0.29, 0.717) is 19.0 Å². The summed E-state index contributed by atoms with van der Waals surface area (Å²) in [5.74, 6) is -0.747. The quantitative estimate of drug-likeness (QED) is 0.816. The van der Waals surface area contributed by atoms with Crippen molar-refractivity contribution in [2.24, 2.45) is 11.7 Å². The number of hydrogen-bond acceptors (Lipinski definition) is 5. The number of amides is 2. The first-order chi connectivity index (χ1) is 13.5. The predicted molar refractivity (Wildman–Crippen MR) is 102 cm³/mol. The maximum atomic E-state index is 13.0. The van der Waals surface area contributed by atoms with Crippen LogP contribution in [0.1, 0.15) is 46.3 Å². The van der Waals surface area contributed by atoms with Crippen LogP contribution in [0, 0.1) is 11.7 Å². The van der Waals surface area contributed by atoms with Crippen LogP contribution < -0.4 is 11.1 Å². The molecule has 2 amide bonds. The fourth-order valence-electron chi connectivity index (χ4n) is 3.31. The largest absolute Gasteiger partial charge is 0.347 e. The Morgan fingerprint density at radius 2 is 1.79 bits per heavy atom. The molecule has 1 aromatic carbocycles. The van der Waals surface area contributed by atoms with Crippen LogP contribution in [0.5, 0.6) is 0 Å². The minimum absolute atomic E-state index is 0.0103. The number of nitrogens with zero attached hydrogens (tertiary/aromatic N) is 3. The van der Waals surface area contributed by atoms with Crippen LogP contribution >= 0.6 is 0 Å². The summed E-state index contributed by atoms with van der Waals surface area (Å²) in [6, 6.07) is 5.92. The monoisotopic (exact) mass is 385 g/mol. The molecule has 0 spiro atoms. The van der Waals surface area contributed by atoms with Crippen molar-refractivity contribution in [1.29, 1.82) is 0 Å². The number of nitrogens with two attached hydrogens (primary N) is 1. The topological polar surface area (TPSA) is 101 Å². The van der Waals surface area contributed by atoms with Gasteiger partial charge >= 0.3 is 0 Å². The molecule has 1 aliphatic heterocycles. The van der Waals surface area contributed by atoms with Gasteiger partial charge in [-0.1, -0.05) is 12.1 Å².